The van der Waals surface area contributed by atoms with Crippen molar-refractivity contribution < 1.29 is 115 Å². The molecule has 18 fully saturated rings. The van der Waals surface area contributed by atoms with Crippen LogP contribution in [0.15, 0.2) is 36.5 Å². The van der Waals surface area contributed by atoms with Crippen molar-refractivity contribution in [2.75, 3.05) is 0 Å². The molecular formula is C101H166O24. The van der Waals surface area contributed by atoms with E-state index in [1.165, 1.54) is 58.3 Å². The van der Waals surface area contributed by atoms with Gasteiger partial charge in [0.2, 0.25) is 12.2 Å². The summed E-state index contributed by atoms with van der Waals surface area (Å²) in [5, 5.41) is 21.2. The van der Waals surface area contributed by atoms with Gasteiger partial charge in [-0.15, -0.1) is 0 Å². The van der Waals surface area contributed by atoms with E-state index in [4.69, 9.17) is 66.3 Å². The third-order valence-corrected chi connectivity index (χ3v) is 31.2. The highest BCUT2D eigenvalue weighted by molar-refractivity contribution is 5.90. The van der Waals surface area contributed by atoms with E-state index in [2.05, 4.69) is 75.1 Å². The fraction of sp³-hybridized carbons (Fsp3) is 0.861. The van der Waals surface area contributed by atoms with E-state index >= 15 is 0 Å². The van der Waals surface area contributed by atoms with Crippen molar-refractivity contribution in [3.8, 4) is 0 Å². The van der Waals surface area contributed by atoms with E-state index in [0.29, 0.717) is 88.6 Å². The Bertz CT molecular complexity index is 3720. The first kappa shape index (κ1) is 105. The van der Waals surface area contributed by atoms with Crippen molar-refractivity contribution in [2.24, 2.45) is 74.4 Å². The van der Waals surface area contributed by atoms with Gasteiger partial charge in [0.1, 0.15) is 34.6 Å². The topological polar surface area (TPSA) is 306 Å². The first-order chi connectivity index (χ1) is 56.9. The standard InChI is InChI=1S/C23H36O7.C21H30O7.C16H26O3.C14H20O3.C13H24O2.C11H18O2.3CH4/c1-7-23(5,6)21(25)29-16-14-15(26-18(16)24)17-20(27-14)30-19(28-17)12-8-10-13(11-9-12)22(2,3)4;1-10(2)17(22)25-15-13-14(24-18(15)23)16-20(26-13)28-19(27-16)11-6-8-12(9-7-11)21(3,4)5;1-4-14(2,3)13(17)19-16-8-11-5-12(9-16)7-15(18,6-11)10-16;1-9(2)12(15)17-14-6-10-3-11(7-14)5-13(16,4-10)8-14;1-5-12(3,4)11(14)15-13(6-2)9-7-8-10-13;1-4-11(7-5-6-8-11)13-10(12)9(2)3;;;/h12-17,19-20H,7-11H2,1-6H3;11-16,19-20H,1,6-9H2,2-5H3;11-12,18H,4-10H2,1-3H3;10-11,16H,1,3-8H2,2H3;5-10H2,1-4H3;2,4-8H2,1,3H3;3*1H4/t12?,13?,14-,15-,16-,17+,19?,20+;11?,12?,13-,14-,15-,16+,19?,20+;;;;;;;/m00......./s1. The molecule has 18 aliphatic rings. The third-order valence-electron chi connectivity index (χ3n) is 31.2. The minimum atomic E-state index is -1.10. The highest BCUT2D eigenvalue weighted by Gasteiger charge is 2.67. The number of aliphatic hydroxyl groups is 2. The predicted molar refractivity (Wildman–Crippen MR) is 475 cm³/mol. The van der Waals surface area contributed by atoms with Gasteiger partial charge in [-0.1, -0.05) is 118 Å². The third kappa shape index (κ3) is 24.3. The Hall–Kier alpha value is -5.34. The average molecular weight is 1760 g/mol. The number of rotatable bonds is 19. The zero-order chi connectivity index (χ0) is 89.6. The normalized spacial score (nSPS) is 37.1. The molecule has 16 atom stereocenters. The summed E-state index contributed by atoms with van der Waals surface area (Å²) in [5.74, 6) is 1.40. The highest BCUT2D eigenvalue weighted by atomic mass is 16.9. The van der Waals surface area contributed by atoms with Crippen molar-refractivity contribution in [2.45, 2.75) is 480 Å². The van der Waals surface area contributed by atoms with E-state index < -0.39 is 113 Å². The molecule has 24 heteroatoms. The van der Waals surface area contributed by atoms with E-state index in [9.17, 15) is 48.6 Å². The van der Waals surface area contributed by atoms with Crippen LogP contribution in [0.3, 0.4) is 0 Å². The molecule has 6 saturated heterocycles. The zero-order valence-electron chi connectivity index (χ0n) is 77.9. The average Bonchev–Trinajstić information content (AvgIpc) is 1.58. The molecule has 24 nitrogen and oxygen atoms in total. The molecule has 6 aliphatic heterocycles. The Morgan fingerprint density at radius 2 is 0.696 bits per heavy atom. The molecule has 0 aromatic rings. The van der Waals surface area contributed by atoms with Gasteiger partial charge >= 0.3 is 47.8 Å². The maximum atomic E-state index is 12.4. The van der Waals surface area contributed by atoms with E-state index in [0.717, 1.165) is 141 Å². The van der Waals surface area contributed by atoms with Gasteiger partial charge in [-0.25, -0.2) is 24.0 Å². The van der Waals surface area contributed by atoms with Gasteiger partial charge in [-0.2, -0.15) is 0 Å². The molecule has 12 aliphatic carbocycles. The van der Waals surface area contributed by atoms with Crippen molar-refractivity contribution in [3.05, 3.63) is 36.5 Å². The Morgan fingerprint density at radius 3 is 1.02 bits per heavy atom. The summed E-state index contributed by atoms with van der Waals surface area (Å²) in [5.41, 5.74) is -1.78. The fourth-order valence-corrected chi connectivity index (χ4v) is 22.8. The molecule has 12 saturated carbocycles. The smallest absolute Gasteiger partial charge is 0.350 e. The van der Waals surface area contributed by atoms with E-state index in [-0.39, 0.29) is 86.5 Å². The van der Waals surface area contributed by atoms with Gasteiger partial charge in [-0.3, -0.25) is 14.4 Å². The van der Waals surface area contributed by atoms with Crippen LogP contribution in [0.25, 0.3) is 0 Å². The highest BCUT2D eigenvalue weighted by Crippen LogP contribution is 2.61. The van der Waals surface area contributed by atoms with E-state index in [1.54, 1.807) is 27.7 Å². The Kier molecular flexibility index (Phi) is 34.3. The molecule has 8 bridgehead atoms. The SMILES string of the molecule is C.C.C.C=C(C)C(=O)OC1(CC)CCCC1.C=C(C)C(=O)OC12CC3CC(CC(O)(C3)C1)C2.C=C(C)C(=O)O[C@@H]1C(=O)O[C@@H]2[C@H]3OC(C4CCC(C(C)(C)C)CC4)O[C@H]3O[C@@H]21.CCC(C)(C)C(=O)OC12CC3CC(CC(O)(C3)C1)C2.CCC(C)(C)C(=O)O[C@@H]1C(=O)O[C@@H]2[C@H]3OC(C4CCC(C(C)(C)C)CC4)O[C@H]3O[C@@H]21.CCC1(OC(=O)C(C)(C)CC)CCCC1. The molecule has 6 heterocycles. The second-order valence-electron chi connectivity index (χ2n) is 44.4. The summed E-state index contributed by atoms with van der Waals surface area (Å²) in [6.07, 6.45) is 25.5. The van der Waals surface area contributed by atoms with Crippen LogP contribution in [0.1, 0.15) is 373 Å². The van der Waals surface area contributed by atoms with Gasteiger partial charge in [0.25, 0.3) is 0 Å². The number of carbonyl (C=O) groups is 8. The van der Waals surface area contributed by atoms with Crippen molar-refractivity contribution in [1.82, 2.24) is 0 Å². The summed E-state index contributed by atoms with van der Waals surface area (Å²) in [6, 6.07) is 0. The van der Waals surface area contributed by atoms with Gasteiger partial charge in [-0.05, 0) is 308 Å². The number of hydrogen-bond acceptors (Lipinski definition) is 24. The van der Waals surface area contributed by atoms with Gasteiger partial charge in [0.15, 0.2) is 49.6 Å². The van der Waals surface area contributed by atoms with Crippen LogP contribution in [0.5, 0.6) is 0 Å². The first-order valence-corrected chi connectivity index (χ1v) is 47.0. The summed E-state index contributed by atoms with van der Waals surface area (Å²) < 4.78 is 80.8. The predicted octanol–water partition coefficient (Wildman–Crippen LogP) is 20.0. The lowest BCUT2D eigenvalue weighted by atomic mass is 9.52. The molecule has 6 unspecified atom stereocenters. The lowest BCUT2D eigenvalue weighted by Crippen LogP contribution is -2.61. The maximum absolute atomic E-state index is 12.4. The Balaban J connectivity index is 0.000000190. The molecular weight excluding hydrogens is 1600 g/mol. The quantitative estimate of drug-likeness (QED) is 0.0689. The Morgan fingerprint density at radius 1 is 0.384 bits per heavy atom. The van der Waals surface area contributed by atoms with Gasteiger partial charge in [0.05, 0.1) is 27.4 Å². The number of esters is 8. The molecule has 0 aromatic heterocycles. The molecule has 2 N–H and O–H groups in total. The van der Waals surface area contributed by atoms with Crippen molar-refractivity contribution in [1.29, 1.82) is 0 Å². The minimum Gasteiger partial charge on any atom is -0.459 e. The first-order valence-electron chi connectivity index (χ1n) is 47.0. The van der Waals surface area contributed by atoms with Crippen molar-refractivity contribution >= 4 is 47.8 Å². The largest absolute Gasteiger partial charge is 0.459 e. The molecule has 0 spiro atoms. The minimum absolute atomic E-state index is 0. The Labute approximate surface area is 750 Å². The molecule has 125 heavy (non-hydrogen) atoms. The van der Waals surface area contributed by atoms with E-state index in [1.807, 2.05) is 48.5 Å². The number of ether oxygens (including phenoxy) is 14. The van der Waals surface area contributed by atoms with Crippen LogP contribution >= 0.6 is 0 Å². The summed E-state index contributed by atoms with van der Waals surface area (Å²) in [7, 11) is 0. The number of fused-ring (bicyclic) bond motifs is 6. The van der Waals surface area contributed by atoms with Crippen LogP contribution in [0.4, 0.5) is 0 Å². The molecule has 0 aromatic carbocycles. The number of carbonyl (C=O) groups excluding carboxylic acids is 8. The van der Waals surface area contributed by atoms with Crippen LogP contribution in [0, 0.1) is 74.4 Å². The summed E-state index contributed by atoms with van der Waals surface area (Å²) in [4.78, 5) is 96.2. The second kappa shape index (κ2) is 40.8. The summed E-state index contributed by atoms with van der Waals surface area (Å²) >= 11 is 0. The van der Waals surface area contributed by atoms with Gasteiger partial charge < -0.3 is 76.5 Å². The van der Waals surface area contributed by atoms with Gasteiger partial charge in [0, 0.05) is 41.4 Å². The number of hydrogen-bond donors (Lipinski definition) is 2. The maximum Gasteiger partial charge on any atom is 0.350 e. The lowest BCUT2D eigenvalue weighted by molar-refractivity contribution is -0.225. The van der Waals surface area contributed by atoms with Crippen LogP contribution in [0.2, 0.25) is 0 Å². The molecule has 0 amide bonds. The zero-order valence-corrected chi connectivity index (χ0v) is 77.9. The monoisotopic (exact) mass is 1760 g/mol. The molecule has 0 radical (unpaired) electrons. The lowest BCUT2D eigenvalue weighted by Gasteiger charge is -2.59. The van der Waals surface area contributed by atoms with Crippen LogP contribution < -0.4 is 0 Å². The second-order valence-corrected chi connectivity index (χ2v) is 44.4. The van der Waals surface area contributed by atoms with Crippen molar-refractivity contribution in [3.63, 3.8) is 0 Å². The van der Waals surface area contributed by atoms with Crippen LogP contribution in [-0.4, -0.2) is 166 Å². The fourth-order valence-electron chi connectivity index (χ4n) is 22.8. The van der Waals surface area contributed by atoms with Crippen LogP contribution in [-0.2, 0) is 105 Å². The molecule has 714 valence electrons. The molecule has 18 rings (SSSR count). The summed E-state index contributed by atoms with van der Waals surface area (Å²) in [6.45, 7) is 51.0.